The zero-order valence-corrected chi connectivity index (χ0v) is 23.2. The van der Waals surface area contributed by atoms with Gasteiger partial charge in [-0.3, -0.25) is 14.4 Å². The molecule has 0 spiro atoms. The Kier molecular flexibility index (Phi) is 11.2. The van der Waals surface area contributed by atoms with Gasteiger partial charge in [-0.1, -0.05) is 61.9 Å². The maximum Gasteiger partial charge on any atom is 0.243 e. The van der Waals surface area contributed by atoms with Gasteiger partial charge in [0.05, 0.1) is 6.10 Å². The van der Waals surface area contributed by atoms with E-state index in [0.29, 0.717) is 19.4 Å². The first-order valence-corrected chi connectivity index (χ1v) is 13.9. The zero-order valence-electron chi connectivity index (χ0n) is 23.2. The van der Waals surface area contributed by atoms with Crippen LogP contribution in [-0.2, 0) is 27.2 Å². The lowest BCUT2D eigenvalue weighted by atomic mass is 9.94. The highest BCUT2D eigenvalue weighted by Crippen LogP contribution is 2.24. The minimum atomic E-state index is -0.738. The van der Waals surface area contributed by atoms with E-state index < -0.39 is 12.1 Å². The van der Waals surface area contributed by atoms with Crippen LogP contribution in [0.5, 0.6) is 5.75 Å². The van der Waals surface area contributed by atoms with E-state index in [2.05, 4.69) is 23.6 Å². The van der Waals surface area contributed by atoms with Crippen molar-refractivity contribution in [3.63, 3.8) is 0 Å². The Balaban J connectivity index is 1.85. The molecule has 0 saturated heterocycles. The van der Waals surface area contributed by atoms with Gasteiger partial charge in [0.15, 0.2) is 0 Å². The predicted octanol–water partition coefficient (Wildman–Crippen LogP) is 4.29. The van der Waals surface area contributed by atoms with Crippen LogP contribution >= 0.6 is 0 Å². The number of ether oxygens (including phenoxy) is 1. The monoisotopic (exact) mass is 521 g/mol. The third-order valence-corrected chi connectivity index (χ3v) is 7.35. The van der Waals surface area contributed by atoms with Gasteiger partial charge in [-0.15, -0.1) is 0 Å². The minimum Gasteiger partial charge on any atom is -0.490 e. The normalized spacial score (nSPS) is 24.3. The Labute approximate surface area is 227 Å². The Morgan fingerprint density at radius 2 is 1.66 bits per heavy atom. The fraction of sp³-hybridized carbons (Fsp3) is 0.516. The lowest BCUT2D eigenvalue weighted by molar-refractivity contribution is -0.142. The van der Waals surface area contributed by atoms with E-state index in [0.717, 1.165) is 49.0 Å². The van der Waals surface area contributed by atoms with Crippen molar-refractivity contribution in [3.8, 4) is 5.75 Å². The van der Waals surface area contributed by atoms with Crippen molar-refractivity contribution >= 4 is 17.7 Å². The fourth-order valence-electron chi connectivity index (χ4n) is 4.90. The van der Waals surface area contributed by atoms with Crippen molar-refractivity contribution in [1.82, 2.24) is 15.5 Å². The average Bonchev–Trinajstić information content (AvgIpc) is 2.92. The van der Waals surface area contributed by atoms with Gasteiger partial charge in [-0.2, -0.15) is 0 Å². The third-order valence-electron chi connectivity index (χ3n) is 7.35. The van der Waals surface area contributed by atoms with Crippen molar-refractivity contribution < 1.29 is 19.1 Å². The highest BCUT2D eigenvalue weighted by atomic mass is 16.5. The lowest BCUT2D eigenvalue weighted by Crippen LogP contribution is -2.54. The highest BCUT2D eigenvalue weighted by Gasteiger charge is 2.31. The number of carbonyl (C=O) groups is 3. The van der Waals surface area contributed by atoms with Crippen LogP contribution < -0.4 is 15.4 Å². The quantitative estimate of drug-likeness (QED) is 0.629. The van der Waals surface area contributed by atoms with E-state index in [-0.39, 0.29) is 29.7 Å². The standard InChI is InChI=1S/C31H43N3O4/c1-5-12-26-19-18-22(2)38-28-17-10-9-15-25(28)16-11-20-32-30(36)27(21-24-13-7-6-8-14-24)33-29(35)23(3)34(4)31(26)37/h6-10,13-15,17,22-23,26-27H,5,11-12,16,18-21H2,1-4H3,(H,32,36)(H,33,35)/t22-,23-,26-,27-/m1/s1. The van der Waals surface area contributed by atoms with Crippen LogP contribution in [0.15, 0.2) is 54.6 Å². The van der Waals surface area contributed by atoms with Crippen molar-refractivity contribution in [3.05, 3.63) is 65.7 Å². The molecule has 38 heavy (non-hydrogen) atoms. The lowest BCUT2D eigenvalue weighted by Gasteiger charge is -2.30. The molecule has 3 amide bonds. The molecule has 2 aromatic carbocycles. The molecule has 0 radical (unpaired) electrons. The first-order valence-electron chi connectivity index (χ1n) is 13.9. The van der Waals surface area contributed by atoms with E-state index in [1.54, 1.807) is 14.0 Å². The predicted molar refractivity (Wildman–Crippen MR) is 150 cm³/mol. The molecular formula is C31H43N3O4. The number of carbonyl (C=O) groups excluding carboxylic acids is 3. The Morgan fingerprint density at radius 3 is 2.39 bits per heavy atom. The first kappa shape index (κ1) is 29.2. The molecular weight excluding hydrogens is 478 g/mol. The van der Waals surface area contributed by atoms with Crippen molar-refractivity contribution in [2.75, 3.05) is 13.6 Å². The Hall–Kier alpha value is -3.35. The van der Waals surface area contributed by atoms with E-state index in [1.807, 2.05) is 55.5 Å². The van der Waals surface area contributed by atoms with Crippen LogP contribution in [0.2, 0.25) is 0 Å². The Morgan fingerprint density at radius 1 is 0.947 bits per heavy atom. The first-order chi connectivity index (χ1) is 18.3. The number of hydrogen-bond donors (Lipinski definition) is 2. The van der Waals surface area contributed by atoms with Crippen LogP contribution in [0.4, 0.5) is 0 Å². The van der Waals surface area contributed by atoms with Crippen LogP contribution in [0.25, 0.3) is 0 Å². The molecule has 0 bridgehead atoms. The average molecular weight is 522 g/mol. The van der Waals surface area contributed by atoms with Crippen molar-refractivity contribution in [2.24, 2.45) is 5.92 Å². The van der Waals surface area contributed by atoms with Crippen LogP contribution in [-0.4, -0.2) is 54.4 Å². The van der Waals surface area contributed by atoms with Crippen LogP contribution in [0.3, 0.4) is 0 Å². The molecule has 7 nitrogen and oxygen atoms in total. The summed E-state index contributed by atoms with van der Waals surface area (Å²) in [4.78, 5) is 41.4. The molecule has 0 unspecified atom stereocenters. The number of amides is 3. The number of likely N-dealkylation sites (N-methyl/N-ethyl adjacent to an activating group) is 1. The molecule has 0 aliphatic carbocycles. The number of aryl methyl sites for hydroxylation is 1. The fourth-order valence-corrected chi connectivity index (χ4v) is 4.90. The van der Waals surface area contributed by atoms with Gasteiger partial charge in [-0.25, -0.2) is 0 Å². The van der Waals surface area contributed by atoms with Crippen molar-refractivity contribution in [2.45, 2.75) is 83.9 Å². The molecule has 0 saturated carbocycles. The van der Waals surface area contributed by atoms with E-state index in [9.17, 15) is 14.4 Å². The minimum absolute atomic E-state index is 0.0488. The third kappa shape index (κ3) is 8.33. The molecule has 1 heterocycles. The maximum absolute atomic E-state index is 13.5. The Bertz CT molecular complexity index is 1060. The smallest absolute Gasteiger partial charge is 0.243 e. The molecule has 1 aliphatic rings. The summed E-state index contributed by atoms with van der Waals surface area (Å²) >= 11 is 0. The summed E-state index contributed by atoms with van der Waals surface area (Å²) in [6, 6.07) is 16.2. The number of nitrogens with zero attached hydrogens (tertiary/aromatic N) is 1. The number of hydrogen-bond acceptors (Lipinski definition) is 4. The molecule has 2 aromatic rings. The van der Waals surface area contributed by atoms with Crippen molar-refractivity contribution in [1.29, 1.82) is 0 Å². The highest BCUT2D eigenvalue weighted by molar-refractivity contribution is 5.92. The molecule has 4 atom stereocenters. The summed E-state index contributed by atoms with van der Waals surface area (Å²) in [5, 5.41) is 5.93. The molecule has 3 rings (SSSR count). The van der Waals surface area contributed by atoms with Gasteiger partial charge in [0.1, 0.15) is 17.8 Å². The van der Waals surface area contributed by atoms with Gasteiger partial charge < -0.3 is 20.3 Å². The maximum atomic E-state index is 13.5. The van der Waals surface area contributed by atoms with Gasteiger partial charge in [-0.05, 0) is 63.1 Å². The van der Waals surface area contributed by atoms with Gasteiger partial charge in [0.2, 0.25) is 17.7 Å². The second kappa shape index (κ2) is 14.6. The second-order valence-corrected chi connectivity index (χ2v) is 10.4. The molecule has 2 N–H and O–H groups in total. The molecule has 7 heteroatoms. The van der Waals surface area contributed by atoms with Crippen LogP contribution in [0, 0.1) is 5.92 Å². The molecule has 0 aromatic heterocycles. The summed E-state index contributed by atoms with van der Waals surface area (Å²) in [6.07, 6.45) is 4.89. The molecule has 1 aliphatic heterocycles. The number of nitrogens with one attached hydrogen (secondary N) is 2. The van der Waals surface area contributed by atoms with Gasteiger partial charge in [0.25, 0.3) is 0 Å². The summed E-state index contributed by atoms with van der Waals surface area (Å²) in [7, 11) is 1.68. The largest absolute Gasteiger partial charge is 0.490 e. The van der Waals surface area contributed by atoms with E-state index >= 15 is 0 Å². The number of rotatable bonds is 4. The summed E-state index contributed by atoms with van der Waals surface area (Å²) in [5.74, 6) is 0.0485. The van der Waals surface area contributed by atoms with E-state index in [4.69, 9.17) is 4.74 Å². The van der Waals surface area contributed by atoms with Crippen LogP contribution in [0.1, 0.15) is 64.0 Å². The number of para-hydroxylation sites is 1. The van der Waals surface area contributed by atoms with Gasteiger partial charge >= 0.3 is 0 Å². The van der Waals surface area contributed by atoms with E-state index in [1.165, 1.54) is 4.90 Å². The number of benzene rings is 2. The summed E-state index contributed by atoms with van der Waals surface area (Å²) < 4.78 is 6.30. The number of fused-ring (bicyclic) bond motifs is 1. The second-order valence-electron chi connectivity index (χ2n) is 10.4. The zero-order chi connectivity index (χ0) is 27.5. The molecule has 0 fully saturated rings. The SMILES string of the molecule is CCC[C@@H]1CC[C@@H](C)Oc2ccccc2CCCNC(=O)[C@@H](Cc2ccccc2)NC(=O)[C@@H](C)N(C)C1=O. The topological polar surface area (TPSA) is 87.7 Å². The summed E-state index contributed by atoms with van der Waals surface area (Å²) in [6.45, 7) is 6.30. The molecule has 206 valence electrons. The summed E-state index contributed by atoms with van der Waals surface area (Å²) in [5.41, 5.74) is 2.05. The van der Waals surface area contributed by atoms with Gasteiger partial charge in [0, 0.05) is 25.9 Å².